The molecule has 1 amide bonds. The molecule has 90 valence electrons. The lowest BCUT2D eigenvalue weighted by Gasteiger charge is -2.19. The summed E-state index contributed by atoms with van der Waals surface area (Å²) in [5.74, 6) is 1.75. The molecule has 3 heteroatoms. The van der Waals surface area contributed by atoms with E-state index >= 15 is 0 Å². The fraction of sp³-hybridized carbons (Fsp3) is 0.500. The van der Waals surface area contributed by atoms with Crippen LogP contribution in [0.1, 0.15) is 5.56 Å². The largest absolute Gasteiger partial charge is 0.359 e. The molecule has 2 aliphatic rings. The van der Waals surface area contributed by atoms with Crippen molar-refractivity contribution in [2.45, 2.75) is 6.54 Å². The van der Waals surface area contributed by atoms with Gasteiger partial charge in [-0.15, -0.1) is 0 Å². The lowest BCUT2D eigenvalue weighted by molar-refractivity contribution is -0.122. The first-order valence-electron chi connectivity index (χ1n) is 6.27. The molecule has 3 nitrogen and oxygen atoms in total. The number of carbonyl (C=O) groups excluding carboxylic acids is 1. The molecule has 0 aromatic heterocycles. The summed E-state index contributed by atoms with van der Waals surface area (Å²) < 4.78 is 0. The van der Waals surface area contributed by atoms with Crippen LogP contribution < -0.4 is 5.32 Å². The Morgan fingerprint density at radius 1 is 1.29 bits per heavy atom. The lowest BCUT2D eigenvalue weighted by atomic mass is 10.2. The van der Waals surface area contributed by atoms with Crippen LogP contribution >= 0.6 is 0 Å². The topological polar surface area (TPSA) is 32.3 Å². The van der Waals surface area contributed by atoms with Crippen LogP contribution in [0.4, 0.5) is 0 Å². The average molecular weight is 230 g/mol. The second-order valence-corrected chi connectivity index (χ2v) is 5.15. The molecule has 3 atom stereocenters. The van der Waals surface area contributed by atoms with Crippen molar-refractivity contribution < 1.29 is 4.79 Å². The lowest BCUT2D eigenvalue weighted by Crippen LogP contribution is -2.29. The van der Waals surface area contributed by atoms with Crippen LogP contribution in [0.5, 0.6) is 0 Å². The van der Waals surface area contributed by atoms with Gasteiger partial charge in [-0.2, -0.15) is 0 Å². The Bertz CT molecular complexity index is 405. The highest BCUT2D eigenvalue weighted by molar-refractivity contribution is 5.82. The van der Waals surface area contributed by atoms with Gasteiger partial charge in [0.05, 0.1) is 0 Å². The second-order valence-electron chi connectivity index (χ2n) is 5.15. The SMILES string of the molecule is CNC(=O)[C@@H]1[C@@H]2CN(Cc3ccccc3)C[C@@H]21. The number of likely N-dealkylation sites (tertiary alicyclic amines) is 1. The molecule has 1 aromatic carbocycles. The van der Waals surface area contributed by atoms with Crippen LogP contribution in [0.2, 0.25) is 0 Å². The van der Waals surface area contributed by atoms with E-state index in [2.05, 4.69) is 34.5 Å². The number of piperidine rings is 1. The molecule has 1 heterocycles. The molecule has 0 spiro atoms. The Balaban J connectivity index is 1.54. The van der Waals surface area contributed by atoms with E-state index in [1.165, 1.54) is 5.56 Å². The van der Waals surface area contributed by atoms with Gasteiger partial charge in [0.25, 0.3) is 0 Å². The molecule has 0 unspecified atom stereocenters. The van der Waals surface area contributed by atoms with Crippen molar-refractivity contribution in [2.24, 2.45) is 17.8 Å². The third kappa shape index (κ3) is 1.95. The first-order valence-corrected chi connectivity index (χ1v) is 6.27. The number of carbonyl (C=O) groups is 1. The van der Waals surface area contributed by atoms with Gasteiger partial charge in [0, 0.05) is 32.6 Å². The fourth-order valence-corrected chi connectivity index (χ4v) is 3.14. The zero-order chi connectivity index (χ0) is 11.8. The molecule has 1 saturated heterocycles. The van der Waals surface area contributed by atoms with Crippen LogP contribution in [0.25, 0.3) is 0 Å². The monoisotopic (exact) mass is 230 g/mol. The molecular weight excluding hydrogens is 212 g/mol. The Morgan fingerprint density at radius 3 is 2.53 bits per heavy atom. The van der Waals surface area contributed by atoms with Gasteiger partial charge in [0.2, 0.25) is 5.91 Å². The summed E-state index contributed by atoms with van der Waals surface area (Å²) in [6, 6.07) is 10.5. The van der Waals surface area contributed by atoms with E-state index in [-0.39, 0.29) is 5.91 Å². The van der Waals surface area contributed by atoms with Gasteiger partial charge in [0.15, 0.2) is 0 Å². The first kappa shape index (κ1) is 10.8. The van der Waals surface area contributed by atoms with E-state index < -0.39 is 0 Å². The van der Waals surface area contributed by atoms with Gasteiger partial charge in [-0.25, -0.2) is 0 Å². The number of fused-ring (bicyclic) bond motifs is 1. The van der Waals surface area contributed by atoms with Gasteiger partial charge in [0.1, 0.15) is 0 Å². The normalized spacial score (nSPS) is 31.0. The molecule has 17 heavy (non-hydrogen) atoms. The van der Waals surface area contributed by atoms with Crippen molar-refractivity contribution in [3.8, 4) is 0 Å². The molecule has 1 N–H and O–H groups in total. The van der Waals surface area contributed by atoms with Crippen molar-refractivity contribution in [1.82, 2.24) is 10.2 Å². The van der Waals surface area contributed by atoms with Crippen molar-refractivity contribution in [3.63, 3.8) is 0 Å². The third-order valence-electron chi connectivity index (χ3n) is 4.07. The first-order chi connectivity index (χ1) is 8.29. The molecule has 2 fully saturated rings. The highest BCUT2D eigenvalue weighted by Crippen LogP contribution is 2.51. The summed E-state index contributed by atoms with van der Waals surface area (Å²) in [5.41, 5.74) is 1.37. The number of hydrogen-bond donors (Lipinski definition) is 1. The Kier molecular flexibility index (Phi) is 2.63. The standard InChI is InChI=1S/C14H18N2O/c1-15-14(17)13-11-8-16(9-12(11)13)7-10-5-3-2-4-6-10/h2-6,11-13H,7-9H2,1H3,(H,15,17)/t11-,12+,13-. The number of nitrogens with one attached hydrogen (secondary N) is 1. The highest BCUT2D eigenvalue weighted by Gasteiger charge is 2.58. The smallest absolute Gasteiger partial charge is 0.223 e. The predicted molar refractivity (Wildman–Crippen MR) is 66.3 cm³/mol. The minimum Gasteiger partial charge on any atom is -0.359 e. The minimum atomic E-state index is 0.236. The summed E-state index contributed by atoms with van der Waals surface area (Å²) in [7, 11) is 1.73. The molecule has 0 radical (unpaired) electrons. The quantitative estimate of drug-likeness (QED) is 0.843. The average Bonchev–Trinajstić information content (AvgIpc) is 2.86. The van der Waals surface area contributed by atoms with Crippen molar-refractivity contribution in [2.75, 3.05) is 20.1 Å². The number of amides is 1. The summed E-state index contributed by atoms with van der Waals surface area (Å²) in [6.45, 7) is 3.18. The predicted octanol–water partition coefficient (Wildman–Crippen LogP) is 1.11. The van der Waals surface area contributed by atoms with Gasteiger partial charge in [-0.1, -0.05) is 30.3 Å². The van der Waals surface area contributed by atoms with E-state index in [4.69, 9.17) is 0 Å². The summed E-state index contributed by atoms with van der Waals surface area (Å²) in [4.78, 5) is 14.0. The number of hydrogen-bond acceptors (Lipinski definition) is 2. The Labute approximate surface area is 102 Å². The molecule has 1 saturated carbocycles. The van der Waals surface area contributed by atoms with Crippen molar-refractivity contribution in [3.05, 3.63) is 35.9 Å². The van der Waals surface area contributed by atoms with Crippen LogP contribution in [0.3, 0.4) is 0 Å². The van der Waals surface area contributed by atoms with E-state index in [1.54, 1.807) is 7.05 Å². The van der Waals surface area contributed by atoms with E-state index in [0.29, 0.717) is 17.8 Å². The fourth-order valence-electron chi connectivity index (χ4n) is 3.14. The minimum absolute atomic E-state index is 0.236. The maximum atomic E-state index is 11.5. The zero-order valence-corrected chi connectivity index (χ0v) is 10.1. The molecular formula is C14H18N2O. The van der Waals surface area contributed by atoms with E-state index in [0.717, 1.165) is 19.6 Å². The van der Waals surface area contributed by atoms with Crippen LogP contribution in [0, 0.1) is 17.8 Å². The Morgan fingerprint density at radius 2 is 1.94 bits per heavy atom. The van der Waals surface area contributed by atoms with Gasteiger partial charge >= 0.3 is 0 Å². The second kappa shape index (κ2) is 4.15. The zero-order valence-electron chi connectivity index (χ0n) is 10.1. The number of nitrogens with zero attached hydrogens (tertiary/aromatic N) is 1. The molecule has 1 aliphatic carbocycles. The van der Waals surface area contributed by atoms with Gasteiger partial charge < -0.3 is 5.32 Å². The van der Waals surface area contributed by atoms with E-state index in [9.17, 15) is 4.79 Å². The molecule has 1 aromatic rings. The number of benzene rings is 1. The maximum absolute atomic E-state index is 11.5. The highest BCUT2D eigenvalue weighted by atomic mass is 16.2. The van der Waals surface area contributed by atoms with Crippen LogP contribution in [0.15, 0.2) is 30.3 Å². The summed E-state index contributed by atoms with van der Waals surface area (Å²) in [5, 5.41) is 2.76. The molecule has 0 bridgehead atoms. The van der Waals surface area contributed by atoms with Crippen molar-refractivity contribution in [1.29, 1.82) is 0 Å². The number of rotatable bonds is 3. The van der Waals surface area contributed by atoms with Crippen LogP contribution in [-0.2, 0) is 11.3 Å². The maximum Gasteiger partial charge on any atom is 0.223 e. The van der Waals surface area contributed by atoms with Crippen LogP contribution in [-0.4, -0.2) is 30.9 Å². The summed E-state index contributed by atoms with van der Waals surface area (Å²) >= 11 is 0. The molecule has 1 aliphatic heterocycles. The van der Waals surface area contributed by atoms with Crippen molar-refractivity contribution >= 4 is 5.91 Å². The van der Waals surface area contributed by atoms with Gasteiger partial charge in [-0.3, -0.25) is 9.69 Å². The van der Waals surface area contributed by atoms with Gasteiger partial charge in [-0.05, 0) is 17.4 Å². The Hall–Kier alpha value is -1.35. The molecule has 3 rings (SSSR count). The third-order valence-corrected chi connectivity index (χ3v) is 4.07. The van der Waals surface area contributed by atoms with E-state index in [1.807, 2.05) is 6.07 Å². The summed E-state index contributed by atoms with van der Waals surface area (Å²) in [6.07, 6.45) is 0.